The van der Waals surface area contributed by atoms with Crippen LogP contribution in [0.4, 0.5) is 0 Å². The number of carboxylic acid groups (broad SMARTS) is 1. The van der Waals surface area contributed by atoms with Crippen molar-refractivity contribution in [1.82, 2.24) is 4.90 Å². The summed E-state index contributed by atoms with van der Waals surface area (Å²) in [5.74, 6) is -0.0853. The summed E-state index contributed by atoms with van der Waals surface area (Å²) in [5.41, 5.74) is 0.453. The maximum atomic E-state index is 10.6. The van der Waals surface area contributed by atoms with Crippen LogP contribution in [0.25, 0.3) is 0 Å². The van der Waals surface area contributed by atoms with Gasteiger partial charge in [0.15, 0.2) is 0 Å². The lowest BCUT2D eigenvalue weighted by Gasteiger charge is -2.42. The molecule has 1 spiro atoms. The van der Waals surface area contributed by atoms with Crippen molar-refractivity contribution in [2.75, 3.05) is 33.4 Å². The van der Waals surface area contributed by atoms with E-state index < -0.39 is 5.97 Å². The summed E-state index contributed by atoms with van der Waals surface area (Å²) in [6, 6.07) is 0. The van der Waals surface area contributed by atoms with Crippen molar-refractivity contribution >= 4 is 5.97 Å². The summed E-state index contributed by atoms with van der Waals surface area (Å²) >= 11 is 0. The van der Waals surface area contributed by atoms with Gasteiger partial charge in [-0.05, 0) is 18.3 Å². The number of rotatable bonds is 5. The molecule has 1 atom stereocenters. The minimum absolute atomic E-state index is 0.260. The molecule has 0 aromatic carbocycles. The van der Waals surface area contributed by atoms with Crippen molar-refractivity contribution in [1.29, 1.82) is 0 Å². The minimum atomic E-state index is -0.696. The first-order valence-corrected chi connectivity index (χ1v) is 6.09. The number of likely N-dealkylation sites (tertiary alicyclic amines) is 1. The first kappa shape index (κ1) is 11.9. The Morgan fingerprint density at radius 2 is 2.31 bits per heavy atom. The Bertz CT molecular complexity index is 263. The summed E-state index contributed by atoms with van der Waals surface area (Å²) in [7, 11) is 1.76. The van der Waals surface area contributed by atoms with Gasteiger partial charge in [0.2, 0.25) is 0 Å². The van der Waals surface area contributed by atoms with E-state index in [0.717, 1.165) is 19.7 Å². The molecule has 0 unspecified atom stereocenters. The van der Waals surface area contributed by atoms with Crippen LogP contribution in [0.15, 0.2) is 0 Å². The van der Waals surface area contributed by atoms with Gasteiger partial charge >= 0.3 is 5.97 Å². The number of carbonyl (C=O) groups is 1. The second-order valence-electron chi connectivity index (χ2n) is 5.25. The van der Waals surface area contributed by atoms with Crippen LogP contribution in [0.3, 0.4) is 0 Å². The third-order valence-electron chi connectivity index (χ3n) is 4.24. The van der Waals surface area contributed by atoms with Gasteiger partial charge in [0.25, 0.3) is 0 Å². The number of hydrogen-bond donors (Lipinski definition) is 1. The van der Waals surface area contributed by atoms with Crippen molar-refractivity contribution in [3.05, 3.63) is 0 Å². The predicted octanol–water partition coefficient (Wildman–Crippen LogP) is 1.21. The van der Waals surface area contributed by atoms with Gasteiger partial charge in [-0.2, -0.15) is 0 Å². The van der Waals surface area contributed by atoms with Gasteiger partial charge in [-0.1, -0.05) is 6.42 Å². The highest BCUT2D eigenvalue weighted by molar-refractivity contribution is 5.66. The molecule has 0 aromatic heterocycles. The van der Waals surface area contributed by atoms with Gasteiger partial charge in [-0.3, -0.25) is 4.79 Å². The van der Waals surface area contributed by atoms with E-state index in [1.54, 1.807) is 7.11 Å². The molecule has 0 aromatic rings. The van der Waals surface area contributed by atoms with Crippen LogP contribution in [0.5, 0.6) is 0 Å². The van der Waals surface area contributed by atoms with Gasteiger partial charge in [-0.25, -0.2) is 0 Å². The lowest BCUT2D eigenvalue weighted by molar-refractivity contribution is -0.137. The smallest absolute Gasteiger partial charge is 0.304 e. The van der Waals surface area contributed by atoms with E-state index in [0.29, 0.717) is 17.9 Å². The Labute approximate surface area is 96.6 Å². The molecule has 1 saturated carbocycles. The maximum Gasteiger partial charge on any atom is 0.304 e. The number of nitrogens with zero attached hydrogens (tertiary/aromatic N) is 1. The average Bonchev–Trinajstić information content (AvgIpc) is 2.54. The van der Waals surface area contributed by atoms with E-state index >= 15 is 0 Å². The fourth-order valence-electron chi connectivity index (χ4n) is 3.20. The predicted molar refractivity (Wildman–Crippen MR) is 60.3 cm³/mol. The zero-order chi connectivity index (χ0) is 11.6. The Kier molecular flexibility index (Phi) is 3.50. The first-order valence-electron chi connectivity index (χ1n) is 6.09. The van der Waals surface area contributed by atoms with Gasteiger partial charge < -0.3 is 14.7 Å². The standard InChI is InChI=1S/C12H21NO3/c1-16-8-10-7-13(6-3-11(14)15)9-12(10)4-2-5-12/h10H,2-9H2,1H3,(H,14,15)/t10-/m1/s1. The van der Waals surface area contributed by atoms with Gasteiger partial charge in [-0.15, -0.1) is 0 Å². The van der Waals surface area contributed by atoms with Crippen LogP contribution in [-0.4, -0.2) is 49.3 Å². The molecule has 16 heavy (non-hydrogen) atoms. The van der Waals surface area contributed by atoms with Crippen molar-refractivity contribution in [2.24, 2.45) is 11.3 Å². The molecular formula is C12H21NO3. The molecule has 1 N–H and O–H groups in total. The number of ether oxygens (including phenoxy) is 1. The molecule has 4 heteroatoms. The molecule has 2 rings (SSSR count). The SMILES string of the molecule is COC[C@H]1CN(CCC(=O)O)CC12CCC2. The summed E-state index contributed by atoms with van der Waals surface area (Å²) < 4.78 is 5.29. The zero-order valence-electron chi connectivity index (χ0n) is 9.95. The molecule has 92 valence electrons. The molecule has 1 aliphatic heterocycles. The fourth-order valence-corrected chi connectivity index (χ4v) is 3.20. The molecule has 0 amide bonds. The van der Waals surface area contributed by atoms with Gasteiger partial charge in [0, 0.05) is 32.7 Å². The number of aliphatic carboxylic acids is 1. The molecule has 0 radical (unpaired) electrons. The maximum absolute atomic E-state index is 10.6. The van der Waals surface area contributed by atoms with Gasteiger partial charge in [0.1, 0.15) is 0 Å². The van der Waals surface area contributed by atoms with Crippen LogP contribution in [0.1, 0.15) is 25.7 Å². The summed E-state index contributed by atoms with van der Waals surface area (Å²) in [6.45, 7) is 3.61. The van der Waals surface area contributed by atoms with Crippen molar-refractivity contribution < 1.29 is 14.6 Å². The van der Waals surface area contributed by atoms with Crippen molar-refractivity contribution in [3.63, 3.8) is 0 Å². The third kappa shape index (κ3) is 2.23. The minimum Gasteiger partial charge on any atom is -0.481 e. The monoisotopic (exact) mass is 227 g/mol. The largest absolute Gasteiger partial charge is 0.481 e. The quantitative estimate of drug-likeness (QED) is 0.767. The number of carboxylic acids is 1. The Balaban J connectivity index is 1.88. The Morgan fingerprint density at radius 3 is 2.81 bits per heavy atom. The summed E-state index contributed by atoms with van der Waals surface area (Å²) in [5, 5.41) is 8.69. The van der Waals surface area contributed by atoms with Crippen LogP contribution < -0.4 is 0 Å². The molecule has 1 saturated heterocycles. The average molecular weight is 227 g/mol. The molecule has 1 aliphatic carbocycles. The number of methoxy groups -OCH3 is 1. The lowest BCUT2D eigenvalue weighted by Crippen LogP contribution is -2.39. The first-order chi connectivity index (χ1) is 7.66. The summed E-state index contributed by atoms with van der Waals surface area (Å²) in [4.78, 5) is 12.9. The lowest BCUT2D eigenvalue weighted by atomic mass is 9.63. The van der Waals surface area contributed by atoms with Crippen LogP contribution in [0.2, 0.25) is 0 Å². The number of hydrogen-bond acceptors (Lipinski definition) is 3. The normalized spacial score (nSPS) is 28.2. The van der Waals surface area contributed by atoms with E-state index in [2.05, 4.69) is 4.90 Å². The summed E-state index contributed by atoms with van der Waals surface area (Å²) in [6.07, 6.45) is 4.18. The molecule has 2 aliphatic rings. The van der Waals surface area contributed by atoms with E-state index in [9.17, 15) is 4.79 Å². The molecule has 1 heterocycles. The van der Waals surface area contributed by atoms with Crippen LogP contribution >= 0.6 is 0 Å². The zero-order valence-corrected chi connectivity index (χ0v) is 9.95. The second kappa shape index (κ2) is 4.72. The Hall–Kier alpha value is -0.610. The van der Waals surface area contributed by atoms with Crippen molar-refractivity contribution in [2.45, 2.75) is 25.7 Å². The molecule has 2 fully saturated rings. The topological polar surface area (TPSA) is 49.8 Å². The van der Waals surface area contributed by atoms with E-state index in [1.807, 2.05) is 0 Å². The van der Waals surface area contributed by atoms with E-state index in [4.69, 9.17) is 9.84 Å². The molecular weight excluding hydrogens is 206 g/mol. The molecule has 0 bridgehead atoms. The van der Waals surface area contributed by atoms with Crippen LogP contribution in [-0.2, 0) is 9.53 Å². The fraction of sp³-hybridized carbons (Fsp3) is 0.917. The highest BCUT2D eigenvalue weighted by atomic mass is 16.5. The highest BCUT2D eigenvalue weighted by Crippen LogP contribution is 2.51. The van der Waals surface area contributed by atoms with E-state index in [-0.39, 0.29) is 6.42 Å². The third-order valence-corrected chi connectivity index (χ3v) is 4.24. The Morgan fingerprint density at radius 1 is 1.56 bits per heavy atom. The highest BCUT2D eigenvalue weighted by Gasteiger charge is 2.49. The second-order valence-corrected chi connectivity index (χ2v) is 5.25. The molecule has 4 nitrogen and oxygen atoms in total. The van der Waals surface area contributed by atoms with Gasteiger partial charge in [0.05, 0.1) is 13.0 Å². The van der Waals surface area contributed by atoms with Crippen molar-refractivity contribution in [3.8, 4) is 0 Å². The van der Waals surface area contributed by atoms with E-state index in [1.165, 1.54) is 19.3 Å². The van der Waals surface area contributed by atoms with Crippen LogP contribution in [0, 0.1) is 11.3 Å².